The molecule has 2 aromatic rings. The van der Waals surface area contributed by atoms with E-state index in [1.54, 1.807) is 11.3 Å². The minimum absolute atomic E-state index is 0.511. The third-order valence-electron chi connectivity index (χ3n) is 2.87. The molecule has 0 aliphatic heterocycles. The van der Waals surface area contributed by atoms with E-state index < -0.39 is 0 Å². The Morgan fingerprint density at radius 3 is 2.44 bits per heavy atom. The molecule has 0 aliphatic carbocycles. The summed E-state index contributed by atoms with van der Waals surface area (Å²) in [7, 11) is 0. The van der Waals surface area contributed by atoms with E-state index >= 15 is 0 Å². The quantitative estimate of drug-likeness (QED) is 0.921. The molecule has 0 atom stereocenters. The molecule has 2 N–H and O–H groups in total. The third-order valence-corrected chi connectivity index (χ3v) is 4.02. The van der Waals surface area contributed by atoms with Crippen LogP contribution in [-0.2, 0) is 13.2 Å². The lowest BCUT2D eigenvalue weighted by Crippen LogP contribution is -1.98. The van der Waals surface area contributed by atoms with Crippen molar-refractivity contribution in [3.05, 3.63) is 44.9 Å². The van der Waals surface area contributed by atoms with E-state index in [0.29, 0.717) is 13.2 Å². The van der Waals surface area contributed by atoms with Crippen LogP contribution in [0.4, 0.5) is 0 Å². The first-order valence-electron chi connectivity index (χ1n) is 5.96. The van der Waals surface area contributed by atoms with Gasteiger partial charge >= 0.3 is 0 Å². The predicted octanol–water partition coefficient (Wildman–Crippen LogP) is 3.11. The van der Waals surface area contributed by atoms with Crippen LogP contribution in [0.5, 0.6) is 5.75 Å². The molecule has 0 bridgehead atoms. The number of nitrogens with zero attached hydrogens (tertiary/aromatic N) is 1. The monoisotopic (exact) mass is 262 g/mol. The molecule has 4 heteroatoms. The molecular weight excluding hydrogens is 244 g/mol. The number of thiazole rings is 1. The molecule has 1 aromatic carbocycles. The van der Waals surface area contributed by atoms with Gasteiger partial charge in [-0.25, -0.2) is 4.98 Å². The van der Waals surface area contributed by atoms with Crippen molar-refractivity contribution in [1.82, 2.24) is 4.98 Å². The van der Waals surface area contributed by atoms with Gasteiger partial charge in [0.15, 0.2) is 0 Å². The molecule has 18 heavy (non-hydrogen) atoms. The number of rotatable bonds is 4. The minimum atomic E-state index is 0.511. The molecule has 0 saturated heterocycles. The zero-order valence-corrected chi connectivity index (χ0v) is 11.8. The van der Waals surface area contributed by atoms with E-state index in [0.717, 1.165) is 32.5 Å². The summed E-state index contributed by atoms with van der Waals surface area (Å²) in [6.07, 6.45) is 0. The molecule has 96 valence electrons. The van der Waals surface area contributed by atoms with Crippen LogP contribution in [0.1, 0.15) is 26.7 Å². The van der Waals surface area contributed by atoms with Crippen molar-refractivity contribution in [2.24, 2.45) is 5.73 Å². The number of aromatic nitrogens is 1. The molecule has 0 spiro atoms. The van der Waals surface area contributed by atoms with Gasteiger partial charge in [0.2, 0.25) is 0 Å². The van der Waals surface area contributed by atoms with E-state index in [1.165, 1.54) is 0 Å². The van der Waals surface area contributed by atoms with E-state index in [1.807, 2.05) is 13.0 Å². The summed E-state index contributed by atoms with van der Waals surface area (Å²) in [6.45, 7) is 7.16. The van der Waals surface area contributed by atoms with Crippen LogP contribution in [0.3, 0.4) is 0 Å². The lowest BCUT2D eigenvalue weighted by molar-refractivity contribution is 0.301. The Labute approximate surface area is 112 Å². The van der Waals surface area contributed by atoms with Crippen molar-refractivity contribution in [2.75, 3.05) is 0 Å². The third kappa shape index (κ3) is 2.71. The second-order valence-corrected chi connectivity index (χ2v) is 5.50. The summed E-state index contributed by atoms with van der Waals surface area (Å²) in [5.74, 6) is 0.958. The van der Waals surface area contributed by atoms with Crippen molar-refractivity contribution in [3.8, 4) is 5.75 Å². The minimum Gasteiger partial charge on any atom is -0.486 e. The first-order chi connectivity index (χ1) is 8.61. The summed E-state index contributed by atoms with van der Waals surface area (Å²) in [6, 6.07) is 6.15. The summed E-state index contributed by atoms with van der Waals surface area (Å²) < 4.78 is 5.87. The Balaban J connectivity index is 2.11. The van der Waals surface area contributed by atoms with Crippen molar-refractivity contribution in [2.45, 2.75) is 33.9 Å². The fourth-order valence-corrected chi connectivity index (χ4v) is 2.76. The fraction of sp³-hybridized carbons (Fsp3) is 0.357. The van der Waals surface area contributed by atoms with E-state index in [2.05, 4.69) is 31.0 Å². The largest absolute Gasteiger partial charge is 0.486 e. The van der Waals surface area contributed by atoms with Gasteiger partial charge in [-0.3, -0.25) is 0 Å². The van der Waals surface area contributed by atoms with Gasteiger partial charge in [0.1, 0.15) is 17.4 Å². The second kappa shape index (κ2) is 5.50. The van der Waals surface area contributed by atoms with Crippen molar-refractivity contribution < 1.29 is 4.74 Å². The number of ether oxygens (including phenoxy) is 1. The Bertz CT molecular complexity index is 528. The number of hydrogen-bond acceptors (Lipinski definition) is 4. The normalized spacial score (nSPS) is 10.7. The van der Waals surface area contributed by atoms with Crippen molar-refractivity contribution in [1.29, 1.82) is 0 Å². The smallest absolute Gasteiger partial charge is 0.140 e. The van der Waals surface area contributed by atoms with Crippen molar-refractivity contribution in [3.63, 3.8) is 0 Å². The summed E-state index contributed by atoms with van der Waals surface area (Å²) >= 11 is 1.63. The number of hydrogen-bond donors (Lipinski definition) is 1. The lowest BCUT2D eigenvalue weighted by Gasteiger charge is -2.10. The van der Waals surface area contributed by atoms with Crippen LogP contribution in [0.15, 0.2) is 18.2 Å². The van der Waals surface area contributed by atoms with Crippen LogP contribution in [0, 0.1) is 20.8 Å². The van der Waals surface area contributed by atoms with E-state index in [9.17, 15) is 0 Å². The molecule has 0 amide bonds. The Kier molecular flexibility index (Phi) is 3.99. The highest BCUT2D eigenvalue weighted by molar-refractivity contribution is 7.11. The standard InChI is InChI=1S/C14H18N2OS/c1-9-5-4-6-10(2)14(9)17-8-13-16-11(3)12(7-15)18-13/h4-6H,7-8,15H2,1-3H3. The zero-order valence-electron chi connectivity index (χ0n) is 11.0. The molecule has 1 aromatic heterocycles. The average Bonchev–Trinajstić information content (AvgIpc) is 2.69. The molecule has 0 fully saturated rings. The molecule has 3 nitrogen and oxygen atoms in total. The molecule has 0 unspecified atom stereocenters. The first kappa shape index (κ1) is 13.1. The maximum atomic E-state index is 5.87. The van der Waals surface area contributed by atoms with Gasteiger partial charge in [-0.05, 0) is 31.9 Å². The maximum Gasteiger partial charge on any atom is 0.140 e. The number of nitrogens with two attached hydrogens (primary N) is 1. The molecular formula is C14H18N2OS. The summed E-state index contributed by atoms with van der Waals surface area (Å²) in [5.41, 5.74) is 8.98. The van der Waals surface area contributed by atoms with Crippen molar-refractivity contribution >= 4 is 11.3 Å². The van der Waals surface area contributed by atoms with E-state index in [-0.39, 0.29) is 0 Å². The zero-order chi connectivity index (χ0) is 13.1. The average molecular weight is 262 g/mol. The molecule has 1 heterocycles. The molecule has 0 aliphatic rings. The SMILES string of the molecule is Cc1cccc(C)c1OCc1nc(C)c(CN)s1. The Morgan fingerprint density at radius 1 is 1.22 bits per heavy atom. The predicted molar refractivity (Wildman–Crippen MR) is 75.0 cm³/mol. The van der Waals surface area contributed by atoms with Crippen LogP contribution < -0.4 is 10.5 Å². The van der Waals surface area contributed by atoms with Gasteiger partial charge in [0, 0.05) is 11.4 Å². The summed E-state index contributed by atoms with van der Waals surface area (Å²) in [5, 5.41) is 0.982. The fourth-order valence-electron chi connectivity index (χ4n) is 1.90. The number of aryl methyl sites for hydroxylation is 3. The Morgan fingerprint density at radius 2 is 1.89 bits per heavy atom. The van der Waals surface area contributed by atoms with Gasteiger partial charge in [-0.2, -0.15) is 0 Å². The lowest BCUT2D eigenvalue weighted by atomic mass is 10.1. The molecule has 2 rings (SSSR count). The van der Waals surface area contributed by atoms with Gasteiger partial charge in [-0.15, -0.1) is 11.3 Å². The van der Waals surface area contributed by atoms with Gasteiger partial charge in [0.25, 0.3) is 0 Å². The first-order valence-corrected chi connectivity index (χ1v) is 6.77. The van der Waals surface area contributed by atoms with Gasteiger partial charge in [0.05, 0.1) is 5.69 Å². The summed E-state index contributed by atoms with van der Waals surface area (Å²) in [4.78, 5) is 5.60. The van der Waals surface area contributed by atoms with Crippen LogP contribution >= 0.6 is 11.3 Å². The highest BCUT2D eigenvalue weighted by Crippen LogP contribution is 2.25. The Hall–Kier alpha value is -1.39. The highest BCUT2D eigenvalue weighted by atomic mass is 32.1. The van der Waals surface area contributed by atoms with Gasteiger partial charge in [-0.1, -0.05) is 18.2 Å². The number of para-hydroxylation sites is 1. The van der Waals surface area contributed by atoms with E-state index in [4.69, 9.17) is 10.5 Å². The van der Waals surface area contributed by atoms with Crippen LogP contribution in [0.2, 0.25) is 0 Å². The molecule has 0 saturated carbocycles. The second-order valence-electron chi connectivity index (χ2n) is 4.33. The highest BCUT2D eigenvalue weighted by Gasteiger charge is 2.08. The van der Waals surface area contributed by atoms with Gasteiger partial charge < -0.3 is 10.5 Å². The number of benzene rings is 1. The topological polar surface area (TPSA) is 48.1 Å². The van der Waals surface area contributed by atoms with Crippen LogP contribution in [0.25, 0.3) is 0 Å². The molecule has 0 radical (unpaired) electrons. The maximum absolute atomic E-state index is 5.87. The van der Waals surface area contributed by atoms with Crippen LogP contribution in [-0.4, -0.2) is 4.98 Å².